The van der Waals surface area contributed by atoms with Crippen LogP contribution in [0.2, 0.25) is 0 Å². The highest BCUT2D eigenvalue weighted by molar-refractivity contribution is 6.00. The van der Waals surface area contributed by atoms with Crippen molar-refractivity contribution in [3.05, 3.63) is 72.8 Å². The molecule has 0 bridgehead atoms. The molecule has 10 heteroatoms. The van der Waals surface area contributed by atoms with Gasteiger partial charge >= 0.3 is 6.03 Å². The van der Waals surface area contributed by atoms with E-state index in [1.807, 2.05) is 29.1 Å². The van der Waals surface area contributed by atoms with Crippen LogP contribution in [0.4, 0.5) is 16.2 Å². The van der Waals surface area contributed by atoms with Crippen LogP contribution in [-0.4, -0.2) is 41.9 Å². The normalized spacial score (nSPS) is 10.4. The number of methoxy groups -OCH3 is 3. The highest BCUT2D eigenvalue weighted by Crippen LogP contribution is 2.40. The average Bonchev–Trinajstić information content (AvgIpc) is 3.39. The monoisotopic (exact) mass is 475 g/mol. The quantitative estimate of drug-likeness (QED) is 0.368. The number of carbonyl (C=O) groups is 1. The molecule has 180 valence electrons. The van der Waals surface area contributed by atoms with Crippen molar-refractivity contribution in [2.75, 3.05) is 32.0 Å². The average molecular weight is 476 g/mol. The molecule has 2 aromatic heterocycles. The second kappa shape index (κ2) is 10.5. The molecule has 2 N–H and O–H groups in total. The fourth-order valence-corrected chi connectivity index (χ4v) is 3.37. The molecule has 0 saturated heterocycles. The summed E-state index contributed by atoms with van der Waals surface area (Å²) in [6, 6.07) is 15.4. The lowest BCUT2D eigenvalue weighted by molar-refractivity contribution is 0.262. The van der Waals surface area contributed by atoms with E-state index >= 15 is 0 Å². The Bertz CT molecular complexity index is 1280. The third-order valence-electron chi connectivity index (χ3n) is 4.93. The van der Waals surface area contributed by atoms with E-state index in [1.54, 1.807) is 49.4 Å². The van der Waals surface area contributed by atoms with E-state index in [-0.39, 0.29) is 0 Å². The highest BCUT2D eigenvalue weighted by atomic mass is 16.5. The Morgan fingerprint density at radius 1 is 0.829 bits per heavy atom. The van der Waals surface area contributed by atoms with Gasteiger partial charge in [0.05, 0.1) is 27.0 Å². The summed E-state index contributed by atoms with van der Waals surface area (Å²) in [5.41, 5.74) is 1.06. The molecule has 0 atom stereocenters. The zero-order chi connectivity index (χ0) is 24.8. The Labute approximate surface area is 202 Å². The number of hydrogen-bond donors (Lipinski definition) is 2. The lowest BCUT2D eigenvalue weighted by atomic mass is 10.2. The second-order valence-corrected chi connectivity index (χ2v) is 7.32. The van der Waals surface area contributed by atoms with Gasteiger partial charge in [-0.15, -0.1) is 0 Å². The van der Waals surface area contributed by atoms with E-state index in [2.05, 4.69) is 20.6 Å². The minimum Gasteiger partial charge on any atom is -0.493 e. The van der Waals surface area contributed by atoms with Gasteiger partial charge in [-0.25, -0.2) is 9.78 Å². The molecule has 0 aliphatic heterocycles. The van der Waals surface area contributed by atoms with Crippen LogP contribution in [0.1, 0.15) is 5.82 Å². The number of aryl methyl sites for hydroxylation is 1. The maximum atomic E-state index is 12.5. The summed E-state index contributed by atoms with van der Waals surface area (Å²) in [7, 11) is 4.53. The molecule has 35 heavy (non-hydrogen) atoms. The van der Waals surface area contributed by atoms with E-state index in [0.29, 0.717) is 51.9 Å². The Hall–Kier alpha value is -4.73. The lowest BCUT2D eigenvalue weighted by Gasteiger charge is -2.15. The summed E-state index contributed by atoms with van der Waals surface area (Å²) < 4.78 is 23.7. The molecule has 0 saturated carbocycles. The predicted molar refractivity (Wildman–Crippen MR) is 131 cm³/mol. The lowest BCUT2D eigenvalue weighted by Crippen LogP contribution is -2.19. The van der Waals surface area contributed by atoms with Crippen LogP contribution in [0.5, 0.6) is 28.9 Å². The van der Waals surface area contributed by atoms with Crippen LogP contribution in [0.3, 0.4) is 0 Å². The number of rotatable bonds is 8. The molecule has 0 radical (unpaired) electrons. The van der Waals surface area contributed by atoms with E-state index in [1.165, 1.54) is 21.3 Å². The number of amides is 2. The molecule has 10 nitrogen and oxygen atoms in total. The zero-order valence-corrected chi connectivity index (χ0v) is 19.7. The summed E-state index contributed by atoms with van der Waals surface area (Å²) in [5.74, 6) is 3.59. The molecule has 0 aliphatic carbocycles. The molecule has 0 spiro atoms. The van der Waals surface area contributed by atoms with Gasteiger partial charge in [0.1, 0.15) is 17.4 Å². The molecule has 0 fully saturated rings. The molecule has 2 amide bonds. The van der Waals surface area contributed by atoms with Crippen molar-refractivity contribution in [2.24, 2.45) is 0 Å². The largest absolute Gasteiger partial charge is 0.493 e. The number of nitrogens with zero attached hydrogens (tertiary/aromatic N) is 3. The summed E-state index contributed by atoms with van der Waals surface area (Å²) in [6.07, 6.45) is 3.80. The minimum atomic E-state index is -0.435. The SMILES string of the molecule is COc1cc(NC(=O)Nc2ccc(Oc3cc(-n4cccc4)nc(C)n3)cc2)cc(OC)c1OC. The Balaban J connectivity index is 1.41. The Morgan fingerprint density at radius 3 is 2.06 bits per heavy atom. The van der Waals surface area contributed by atoms with Crippen LogP contribution < -0.4 is 29.6 Å². The first kappa shape index (κ1) is 23.4. The summed E-state index contributed by atoms with van der Waals surface area (Å²) in [4.78, 5) is 21.3. The molecule has 2 aromatic carbocycles. The molecular formula is C25H25N5O5. The maximum Gasteiger partial charge on any atom is 0.323 e. The summed E-state index contributed by atoms with van der Waals surface area (Å²) in [5, 5.41) is 5.53. The standard InChI is InChI=1S/C25H25N5O5/c1-16-26-22(30-11-5-6-12-30)15-23(27-16)35-19-9-7-17(8-10-19)28-25(31)29-18-13-20(32-2)24(34-4)21(14-18)33-3/h5-15H,1-4H3,(H2,28,29,31). The molecule has 4 aromatic rings. The number of benzene rings is 2. The van der Waals surface area contributed by atoms with Crippen LogP contribution in [0, 0.1) is 6.92 Å². The van der Waals surface area contributed by atoms with Crippen molar-refractivity contribution in [3.8, 4) is 34.7 Å². The summed E-state index contributed by atoms with van der Waals surface area (Å²) in [6.45, 7) is 1.81. The van der Waals surface area contributed by atoms with Gasteiger partial charge in [-0.3, -0.25) is 0 Å². The fraction of sp³-hybridized carbons (Fsp3) is 0.160. The Morgan fingerprint density at radius 2 is 1.46 bits per heavy atom. The molecule has 0 aliphatic rings. The molecule has 2 heterocycles. The van der Waals surface area contributed by atoms with Crippen LogP contribution in [0.25, 0.3) is 5.82 Å². The second-order valence-electron chi connectivity index (χ2n) is 7.32. The topological polar surface area (TPSA) is 109 Å². The van der Waals surface area contributed by atoms with Crippen LogP contribution >= 0.6 is 0 Å². The van der Waals surface area contributed by atoms with Gasteiger partial charge in [0, 0.05) is 36.3 Å². The fourth-order valence-electron chi connectivity index (χ4n) is 3.37. The zero-order valence-electron chi connectivity index (χ0n) is 19.7. The van der Waals surface area contributed by atoms with Gasteiger partial charge in [-0.1, -0.05) is 0 Å². The van der Waals surface area contributed by atoms with Gasteiger partial charge in [0.25, 0.3) is 0 Å². The van der Waals surface area contributed by atoms with Crippen molar-refractivity contribution in [2.45, 2.75) is 6.92 Å². The number of hydrogen-bond acceptors (Lipinski definition) is 7. The highest BCUT2D eigenvalue weighted by Gasteiger charge is 2.14. The van der Waals surface area contributed by atoms with Crippen molar-refractivity contribution in [3.63, 3.8) is 0 Å². The number of aromatic nitrogens is 3. The van der Waals surface area contributed by atoms with E-state index in [0.717, 1.165) is 0 Å². The number of urea groups is 1. The molecule has 0 unspecified atom stereocenters. The van der Waals surface area contributed by atoms with E-state index in [9.17, 15) is 4.79 Å². The van der Waals surface area contributed by atoms with Gasteiger partial charge in [-0.05, 0) is 43.3 Å². The third kappa shape index (κ3) is 5.61. The first-order chi connectivity index (χ1) is 17.0. The predicted octanol–water partition coefficient (Wildman–Crippen LogP) is 5.04. The Kier molecular flexibility index (Phi) is 7.01. The maximum absolute atomic E-state index is 12.5. The van der Waals surface area contributed by atoms with Crippen molar-refractivity contribution >= 4 is 17.4 Å². The number of carbonyl (C=O) groups excluding carboxylic acids is 1. The first-order valence-electron chi connectivity index (χ1n) is 10.6. The van der Waals surface area contributed by atoms with Crippen molar-refractivity contribution < 1.29 is 23.7 Å². The summed E-state index contributed by atoms with van der Waals surface area (Å²) >= 11 is 0. The van der Waals surface area contributed by atoms with E-state index in [4.69, 9.17) is 18.9 Å². The smallest absolute Gasteiger partial charge is 0.323 e. The van der Waals surface area contributed by atoms with E-state index < -0.39 is 6.03 Å². The molecular weight excluding hydrogens is 450 g/mol. The van der Waals surface area contributed by atoms with Gasteiger partial charge < -0.3 is 34.1 Å². The van der Waals surface area contributed by atoms with Gasteiger partial charge in [0.2, 0.25) is 11.6 Å². The minimum absolute atomic E-state index is 0.419. The van der Waals surface area contributed by atoms with Crippen molar-refractivity contribution in [1.29, 1.82) is 0 Å². The van der Waals surface area contributed by atoms with Gasteiger partial charge in [-0.2, -0.15) is 4.98 Å². The van der Waals surface area contributed by atoms with Gasteiger partial charge in [0.15, 0.2) is 11.5 Å². The third-order valence-corrected chi connectivity index (χ3v) is 4.93. The number of ether oxygens (including phenoxy) is 4. The van der Waals surface area contributed by atoms with Crippen LogP contribution in [-0.2, 0) is 0 Å². The number of nitrogens with one attached hydrogen (secondary N) is 2. The number of anilines is 2. The molecule has 4 rings (SSSR count). The first-order valence-corrected chi connectivity index (χ1v) is 10.6. The van der Waals surface area contributed by atoms with Crippen molar-refractivity contribution in [1.82, 2.24) is 14.5 Å². The van der Waals surface area contributed by atoms with Crippen LogP contribution in [0.15, 0.2) is 67.0 Å².